The topological polar surface area (TPSA) is 63.1 Å². The SMILES string of the molecule is CN(C)c1cc(CNC(=O)c2cnn(-c3cccc(C(F)(F)F)c3)c2C2CC2)ccn1. The van der Waals surface area contributed by atoms with Gasteiger partial charge >= 0.3 is 6.18 Å². The summed E-state index contributed by atoms with van der Waals surface area (Å²) in [6.07, 6.45) is 0.418. The van der Waals surface area contributed by atoms with Gasteiger partial charge < -0.3 is 10.2 Å². The number of halogens is 3. The predicted molar refractivity (Wildman–Crippen MR) is 110 cm³/mol. The van der Waals surface area contributed by atoms with E-state index in [0.29, 0.717) is 23.5 Å². The van der Waals surface area contributed by atoms with Crippen LogP contribution < -0.4 is 10.2 Å². The molecular weight excluding hydrogens is 407 g/mol. The Morgan fingerprint density at radius 2 is 2.00 bits per heavy atom. The van der Waals surface area contributed by atoms with Crippen LogP contribution in [0.3, 0.4) is 0 Å². The largest absolute Gasteiger partial charge is 0.416 e. The molecule has 0 atom stereocenters. The summed E-state index contributed by atoms with van der Waals surface area (Å²) < 4.78 is 40.8. The van der Waals surface area contributed by atoms with Crippen LogP contribution in [0.25, 0.3) is 5.69 Å². The van der Waals surface area contributed by atoms with Crippen LogP contribution in [0, 0.1) is 0 Å². The molecule has 1 aromatic carbocycles. The van der Waals surface area contributed by atoms with E-state index in [-0.39, 0.29) is 11.8 Å². The van der Waals surface area contributed by atoms with Gasteiger partial charge in [-0.15, -0.1) is 0 Å². The van der Waals surface area contributed by atoms with Crippen LogP contribution >= 0.6 is 0 Å². The number of carbonyl (C=O) groups is 1. The van der Waals surface area contributed by atoms with Crippen LogP contribution in [0.4, 0.5) is 19.0 Å². The molecule has 1 aliphatic carbocycles. The first-order chi connectivity index (χ1) is 14.7. The molecule has 0 bridgehead atoms. The van der Waals surface area contributed by atoms with E-state index in [2.05, 4.69) is 15.4 Å². The Morgan fingerprint density at radius 3 is 2.68 bits per heavy atom. The zero-order valence-corrected chi connectivity index (χ0v) is 17.1. The first-order valence-corrected chi connectivity index (χ1v) is 9.90. The lowest BCUT2D eigenvalue weighted by Crippen LogP contribution is -2.24. The monoisotopic (exact) mass is 429 g/mol. The van der Waals surface area contributed by atoms with E-state index in [0.717, 1.165) is 36.4 Å². The first-order valence-electron chi connectivity index (χ1n) is 9.90. The summed E-state index contributed by atoms with van der Waals surface area (Å²) in [5.41, 5.74) is 1.48. The number of pyridine rings is 1. The third-order valence-electron chi connectivity index (χ3n) is 5.15. The van der Waals surface area contributed by atoms with Crippen molar-refractivity contribution in [3.05, 3.63) is 71.2 Å². The molecule has 4 rings (SSSR count). The molecule has 6 nitrogen and oxygen atoms in total. The summed E-state index contributed by atoms with van der Waals surface area (Å²) >= 11 is 0. The number of aromatic nitrogens is 3. The number of rotatable bonds is 6. The number of hydrogen-bond acceptors (Lipinski definition) is 4. The van der Waals surface area contributed by atoms with Crippen molar-refractivity contribution >= 4 is 11.7 Å². The van der Waals surface area contributed by atoms with Crippen LogP contribution in [0.15, 0.2) is 48.8 Å². The maximum Gasteiger partial charge on any atom is 0.416 e. The van der Waals surface area contributed by atoms with E-state index in [1.165, 1.54) is 16.9 Å². The molecular formula is C22H22F3N5O. The van der Waals surface area contributed by atoms with Crippen molar-refractivity contribution in [2.75, 3.05) is 19.0 Å². The highest BCUT2D eigenvalue weighted by Crippen LogP contribution is 2.42. The molecule has 2 heterocycles. The number of amides is 1. The van der Waals surface area contributed by atoms with Crippen molar-refractivity contribution in [2.24, 2.45) is 0 Å². The minimum Gasteiger partial charge on any atom is -0.363 e. The maximum absolute atomic E-state index is 13.1. The predicted octanol–water partition coefficient (Wildman–Crippen LogP) is 4.16. The molecule has 0 spiro atoms. The van der Waals surface area contributed by atoms with Crippen LogP contribution in [-0.2, 0) is 12.7 Å². The van der Waals surface area contributed by atoms with E-state index >= 15 is 0 Å². The maximum atomic E-state index is 13.1. The fraction of sp³-hybridized carbons (Fsp3) is 0.318. The van der Waals surface area contributed by atoms with Gasteiger partial charge in [0.25, 0.3) is 5.91 Å². The zero-order valence-electron chi connectivity index (χ0n) is 17.1. The summed E-state index contributed by atoms with van der Waals surface area (Å²) in [6, 6.07) is 8.70. The fourth-order valence-electron chi connectivity index (χ4n) is 3.39. The van der Waals surface area contributed by atoms with Crippen LogP contribution in [0.1, 0.15) is 45.9 Å². The zero-order chi connectivity index (χ0) is 22.2. The molecule has 31 heavy (non-hydrogen) atoms. The molecule has 1 amide bonds. The van der Waals surface area contributed by atoms with Crippen LogP contribution in [0.2, 0.25) is 0 Å². The van der Waals surface area contributed by atoms with Crippen molar-refractivity contribution in [1.29, 1.82) is 0 Å². The Labute approximate surface area is 177 Å². The molecule has 1 aliphatic rings. The van der Waals surface area contributed by atoms with Gasteiger partial charge in [0.15, 0.2) is 0 Å². The minimum atomic E-state index is -4.45. The second kappa shape index (κ2) is 8.05. The molecule has 2 aromatic heterocycles. The number of nitrogens with one attached hydrogen (secondary N) is 1. The van der Waals surface area contributed by atoms with Gasteiger partial charge in [0.2, 0.25) is 0 Å². The van der Waals surface area contributed by atoms with Gasteiger partial charge in [0.1, 0.15) is 5.82 Å². The van der Waals surface area contributed by atoms with Crippen molar-refractivity contribution in [3.8, 4) is 5.69 Å². The fourth-order valence-corrected chi connectivity index (χ4v) is 3.39. The standard InChI is InChI=1S/C22H22F3N5O/c1-29(2)19-10-14(8-9-26-19)12-27-21(31)18-13-28-30(20(18)15-6-7-15)17-5-3-4-16(11-17)22(23,24)25/h3-5,8-11,13,15H,6-7,12H2,1-2H3,(H,27,31). The lowest BCUT2D eigenvalue weighted by molar-refractivity contribution is -0.137. The Bertz CT molecular complexity index is 1100. The van der Waals surface area contributed by atoms with E-state index in [9.17, 15) is 18.0 Å². The van der Waals surface area contributed by atoms with E-state index in [4.69, 9.17) is 0 Å². The minimum absolute atomic E-state index is 0.110. The molecule has 9 heteroatoms. The van der Waals surface area contributed by atoms with Gasteiger partial charge in [-0.25, -0.2) is 9.67 Å². The normalized spacial score (nSPS) is 13.8. The van der Waals surface area contributed by atoms with E-state index in [1.807, 2.05) is 31.1 Å². The Hall–Kier alpha value is -3.36. The highest BCUT2D eigenvalue weighted by molar-refractivity contribution is 5.95. The smallest absolute Gasteiger partial charge is 0.363 e. The van der Waals surface area contributed by atoms with Gasteiger partial charge in [0.05, 0.1) is 28.7 Å². The number of benzene rings is 1. The van der Waals surface area contributed by atoms with Crippen LogP contribution in [-0.4, -0.2) is 34.8 Å². The van der Waals surface area contributed by atoms with E-state index in [1.54, 1.807) is 12.3 Å². The Kier molecular flexibility index (Phi) is 5.43. The summed E-state index contributed by atoms with van der Waals surface area (Å²) in [4.78, 5) is 19.0. The molecule has 0 aliphatic heterocycles. The number of anilines is 1. The third kappa shape index (κ3) is 4.55. The Morgan fingerprint density at radius 1 is 1.23 bits per heavy atom. The molecule has 162 valence electrons. The molecule has 0 unspecified atom stereocenters. The summed E-state index contributed by atoms with van der Waals surface area (Å²) in [5.74, 6) is 0.588. The number of nitrogens with zero attached hydrogens (tertiary/aromatic N) is 4. The Balaban J connectivity index is 1.58. The van der Waals surface area contributed by atoms with Gasteiger partial charge in [-0.1, -0.05) is 6.07 Å². The van der Waals surface area contributed by atoms with Gasteiger partial charge in [-0.05, 0) is 48.7 Å². The first kappa shape index (κ1) is 20.9. The van der Waals surface area contributed by atoms with Gasteiger partial charge in [0, 0.05) is 32.8 Å². The van der Waals surface area contributed by atoms with Crippen molar-refractivity contribution in [2.45, 2.75) is 31.5 Å². The number of carbonyl (C=O) groups excluding carboxylic acids is 1. The molecule has 0 saturated heterocycles. The molecule has 1 saturated carbocycles. The van der Waals surface area contributed by atoms with E-state index < -0.39 is 11.7 Å². The lowest BCUT2D eigenvalue weighted by atomic mass is 10.1. The van der Waals surface area contributed by atoms with Gasteiger partial charge in [-0.2, -0.15) is 18.3 Å². The average Bonchev–Trinajstić information content (AvgIpc) is 3.49. The number of hydrogen-bond donors (Lipinski definition) is 1. The lowest BCUT2D eigenvalue weighted by Gasteiger charge is -2.13. The van der Waals surface area contributed by atoms with Crippen molar-refractivity contribution in [1.82, 2.24) is 20.1 Å². The molecule has 3 aromatic rings. The summed E-state index contributed by atoms with van der Waals surface area (Å²) in [7, 11) is 3.77. The second-order valence-electron chi connectivity index (χ2n) is 7.78. The highest BCUT2D eigenvalue weighted by Gasteiger charge is 2.34. The second-order valence-corrected chi connectivity index (χ2v) is 7.78. The summed E-state index contributed by atoms with van der Waals surface area (Å²) in [5, 5.41) is 7.14. The van der Waals surface area contributed by atoms with Crippen molar-refractivity contribution < 1.29 is 18.0 Å². The average molecular weight is 429 g/mol. The summed E-state index contributed by atoms with van der Waals surface area (Å²) in [6.45, 7) is 0.307. The number of alkyl halides is 3. The highest BCUT2D eigenvalue weighted by atomic mass is 19.4. The molecule has 1 fully saturated rings. The molecule has 1 N–H and O–H groups in total. The van der Waals surface area contributed by atoms with Crippen molar-refractivity contribution in [3.63, 3.8) is 0 Å². The van der Waals surface area contributed by atoms with Gasteiger partial charge in [-0.3, -0.25) is 4.79 Å². The molecule has 0 radical (unpaired) electrons. The third-order valence-corrected chi connectivity index (χ3v) is 5.15. The van der Waals surface area contributed by atoms with Crippen LogP contribution in [0.5, 0.6) is 0 Å². The quantitative estimate of drug-likeness (QED) is 0.639.